The highest BCUT2D eigenvalue weighted by molar-refractivity contribution is 6.19. The van der Waals surface area contributed by atoms with Crippen LogP contribution in [0.2, 0.25) is 0 Å². The second-order valence-corrected chi connectivity index (χ2v) is 9.03. The molecule has 1 aromatic carbocycles. The largest absolute Gasteiger partial charge is 0.507 e. The van der Waals surface area contributed by atoms with Gasteiger partial charge in [0.25, 0.3) is 0 Å². The van der Waals surface area contributed by atoms with Gasteiger partial charge in [-0.1, -0.05) is 41.5 Å². The summed E-state index contributed by atoms with van der Waals surface area (Å²) in [6.07, 6.45) is 1.25. The highest BCUT2D eigenvalue weighted by atomic mass is 16.5. The number of aromatic hydroxyl groups is 1. The topological polar surface area (TPSA) is 63.6 Å². The van der Waals surface area contributed by atoms with Crippen molar-refractivity contribution in [2.75, 3.05) is 0 Å². The molecule has 1 rings (SSSR count). The monoisotopic (exact) mass is 360 g/mol. The van der Waals surface area contributed by atoms with Gasteiger partial charge in [-0.05, 0) is 55.4 Å². The van der Waals surface area contributed by atoms with Crippen LogP contribution in [0.4, 0.5) is 0 Å². The zero-order valence-electron chi connectivity index (χ0n) is 17.5. The third-order valence-corrected chi connectivity index (χ3v) is 4.00. The predicted octanol–water partition coefficient (Wildman–Crippen LogP) is 4.91. The van der Waals surface area contributed by atoms with E-state index >= 15 is 0 Å². The summed E-state index contributed by atoms with van der Waals surface area (Å²) < 4.78 is 5.19. The van der Waals surface area contributed by atoms with Crippen LogP contribution in [-0.2, 0) is 25.2 Å². The summed E-state index contributed by atoms with van der Waals surface area (Å²) in [6, 6.07) is 3.66. The van der Waals surface area contributed by atoms with E-state index in [4.69, 9.17) is 4.74 Å². The van der Waals surface area contributed by atoms with E-state index in [1.807, 2.05) is 53.7 Å². The Labute approximate surface area is 157 Å². The second-order valence-electron chi connectivity index (χ2n) is 9.03. The van der Waals surface area contributed by atoms with Crippen molar-refractivity contribution in [3.63, 3.8) is 0 Å². The maximum Gasteiger partial charge on any atom is 0.342 e. The molecule has 0 aliphatic heterocycles. The Morgan fingerprint density at radius 3 is 1.73 bits per heavy atom. The summed E-state index contributed by atoms with van der Waals surface area (Å²) in [4.78, 5) is 24.3. The van der Waals surface area contributed by atoms with Crippen LogP contribution < -0.4 is 0 Å². The number of rotatable bonds is 4. The van der Waals surface area contributed by atoms with E-state index in [0.29, 0.717) is 5.56 Å². The maximum atomic E-state index is 12.3. The van der Waals surface area contributed by atoms with E-state index in [1.54, 1.807) is 19.9 Å². The minimum absolute atomic E-state index is 0.00380. The summed E-state index contributed by atoms with van der Waals surface area (Å²) in [5, 5.41) is 10.8. The van der Waals surface area contributed by atoms with Crippen molar-refractivity contribution in [2.45, 2.75) is 79.2 Å². The number of esters is 1. The fourth-order valence-corrected chi connectivity index (χ4v) is 2.63. The van der Waals surface area contributed by atoms with Gasteiger partial charge in [-0.15, -0.1) is 0 Å². The molecule has 1 N–H and O–H groups in total. The van der Waals surface area contributed by atoms with Gasteiger partial charge in [-0.3, -0.25) is 4.79 Å². The number of phenols is 1. The third kappa shape index (κ3) is 5.45. The van der Waals surface area contributed by atoms with Crippen LogP contribution in [-0.4, -0.2) is 23.0 Å². The summed E-state index contributed by atoms with van der Waals surface area (Å²) in [5.41, 5.74) is 1.67. The normalized spacial score (nSPS) is 13.1. The SMILES string of the molecule is CC(=O)C(=Cc1cc(C(C)(C)C)c(O)c(C(C)(C)C)c1)C(=O)OC(C)C. The minimum atomic E-state index is -0.629. The first-order chi connectivity index (χ1) is 11.6. The molecule has 0 saturated heterocycles. The highest BCUT2D eigenvalue weighted by Gasteiger charge is 2.27. The molecular weight excluding hydrogens is 328 g/mol. The molecule has 4 heteroatoms. The first-order valence-corrected chi connectivity index (χ1v) is 8.96. The van der Waals surface area contributed by atoms with Crippen LogP contribution in [0.5, 0.6) is 5.75 Å². The number of phenolic OH excluding ortho intramolecular Hbond substituents is 1. The zero-order valence-corrected chi connectivity index (χ0v) is 17.5. The van der Waals surface area contributed by atoms with Crippen LogP contribution in [0.3, 0.4) is 0 Å². The van der Waals surface area contributed by atoms with Crippen molar-refractivity contribution in [1.82, 2.24) is 0 Å². The van der Waals surface area contributed by atoms with Gasteiger partial charge in [0.2, 0.25) is 0 Å². The van der Waals surface area contributed by atoms with E-state index in [0.717, 1.165) is 11.1 Å². The van der Waals surface area contributed by atoms with Crippen molar-refractivity contribution >= 4 is 17.8 Å². The Morgan fingerprint density at radius 2 is 1.42 bits per heavy atom. The van der Waals surface area contributed by atoms with Crippen molar-refractivity contribution < 1.29 is 19.4 Å². The molecule has 0 spiro atoms. The Balaban J connectivity index is 3.65. The molecule has 0 saturated carbocycles. The number of ketones is 1. The molecule has 0 atom stereocenters. The Morgan fingerprint density at radius 1 is 1.00 bits per heavy atom. The predicted molar refractivity (Wildman–Crippen MR) is 105 cm³/mol. The molecule has 1 aromatic rings. The van der Waals surface area contributed by atoms with E-state index in [-0.39, 0.29) is 34.0 Å². The molecule has 0 radical (unpaired) electrons. The summed E-state index contributed by atoms with van der Waals surface area (Å²) in [7, 11) is 0. The van der Waals surface area contributed by atoms with E-state index < -0.39 is 5.97 Å². The maximum absolute atomic E-state index is 12.3. The number of benzene rings is 1. The van der Waals surface area contributed by atoms with Crippen LogP contribution in [0.1, 0.15) is 79.0 Å². The lowest BCUT2D eigenvalue weighted by molar-refractivity contribution is -0.143. The molecule has 0 aliphatic carbocycles. The summed E-state index contributed by atoms with van der Waals surface area (Å²) >= 11 is 0. The molecule has 0 heterocycles. The number of ether oxygens (including phenoxy) is 1. The van der Waals surface area contributed by atoms with Crippen molar-refractivity contribution in [3.8, 4) is 5.75 Å². The van der Waals surface area contributed by atoms with Gasteiger partial charge in [0.1, 0.15) is 11.3 Å². The molecule has 0 aromatic heterocycles. The lowest BCUT2D eigenvalue weighted by Crippen LogP contribution is -2.19. The summed E-state index contributed by atoms with van der Waals surface area (Å²) in [6.45, 7) is 16.9. The van der Waals surface area contributed by atoms with E-state index in [1.165, 1.54) is 6.92 Å². The smallest absolute Gasteiger partial charge is 0.342 e. The lowest BCUT2D eigenvalue weighted by Gasteiger charge is -2.28. The van der Waals surface area contributed by atoms with Gasteiger partial charge in [-0.2, -0.15) is 0 Å². The van der Waals surface area contributed by atoms with Crippen LogP contribution in [0.15, 0.2) is 17.7 Å². The van der Waals surface area contributed by atoms with Crippen LogP contribution in [0, 0.1) is 0 Å². The Bertz CT molecular complexity index is 690. The molecule has 0 unspecified atom stereocenters. The molecule has 0 aliphatic rings. The van der Waals surface area contributed by atoms with Gasteiger partial charge in [0.05, 0.1) is 6.10 Å². The van der Waals surface area contributed by atoms with Gasteiger partial charge in [-0.25, -0.2) is 4.79 Å². The Kier molecular flexibility index (Phi) is 6.45. The molecule has 144 valence electrons. The van der Waals surface area contributed by atoms with Gasteiger partial charge in [0, 0.05) is 11.1 Å². The van der Waals surface area contributed by atoms with Crippen molar-refractivity contribution in [2.24, 2.45) is 0 Å². The number of hydrogen-bond donors (Lipinski definition) is 1. The molecule has 0 amide bonds. The van der Waals surface area contributed by atoms with Crippen molar-refractivity contribution in [3.05, 3.63) is 34.4 Å². The molecule has 26 heavy (non-hydrogen) atoms. The molecular formula is C22H32O4. The average molecular weight is 360 g/mol. The third-order valence-electron chi connectivity index (χ3n) is 4.00. The molecule has 0 bridgehead atoms. The quantitative estimate of drug-likeness (QED) is 0.358. The van der Waals surface area contributed by atoms with E-state index in [9.17, 15) is 14.7 Å². The summed E-state index contributed by atoms with van der Waals surface area (Å²) in [5.74, 6) is -0.718. The molecule has 4 nitrogen and oxygen atoms in total. The number of carbonyl (C=O) groups excluding carboxylic acids is 2. The fraction of sp³-hybridized carbons (Fsp3) is 0.545. The van der Waals surface area contributed by atoms with Gasteiger partial charge >= 0.3 is 5.97 Å². The fourth-order valence-electron chi connectivity index (χ4n) is 2.63. The number of Topliss-reactive ketones (excluding diaryl/α,β-unsaturated/α-hetero) is 1. The van der Waals surface area contributed by atoms with Crippen LogP contribution in [0.25, 0.3) is 6.08 Å². The highest BCUT2D eigenvalue weighted by Crippen LogP contribution is 2.40. The lowest BCUT2D eigenvalue weighted by atomic mass is 9.78. The van der Waals surface area contributed by atoms with E-state index in [2.05, 4.69) is 0 Å². The minimum Gasteiger partial charge on any atom is -0.507 e. The average Bonchev–Trinajstić information content (AvgIpc) is 2.42. The first kappa shape index (κ1) is 21.9. The zero-order chi connectivity index (χ0) is 20.4. The standard InChI is InChI=1S/C22H32O4/c1-13(2)26-20(25)16(14(3)23)10-15-11-17(21(4,5)6)19(24)18(12-15)22(7,8)9/h10-13,24H,1-9H3. The molecule has 0 fully saturated rings. The number of hydrogen-bond acceptors (Lipinski definition) is 4. The van der Waals surface area contributed by atoms with Crippen LogP contribution >= 0.6 is 0 Å². The van der Waals surface area contributed by atoms with Crippen molar-refractivity contribution in [1.29, 1.82) is 0 Å². The van der Waals surface area contributed by atoms with Gasteiger partial charge in [0.15, 0.2) is 5.78 Å². The number of carbonyl (C=O) groups is 2. The van der Waals surface area contributed by atoms with Gasteiger partial charge < -0.3 is 9.84 Å². The first-order valence-electron chi connectivity index (χ1n) is 8.96. The second kappa shape index (κ2) is 7.65. The Hall–Kier alpha value is -2.10.